The second-order valence-electron chi connectivity index (χ2n) is 1.34. The van der Waals surface area contributed by atoms with Crippen LogP contribution in [0.5, 0.6) is 0 Å². The van der Waals surface area contributed by atoms with Gasteiger partial charge in [0.05, 0.1) is 0 Å². The van der Waals surface area contributed by atoms with Gasteiger partial charge in [-0.2, -0.15) is 12.1 Å². The van der Waals surface area contributed by atoms with Crippen molar-refractivity contribution in [2.75, 3.05) is 0 Å². The molecular formula is C6H4BrClFZn-. The number of hydrogen-bond acceptors (Lipinski definition) is 0. The third-order valence-electron chi connectivity index (χ3n) is 0.764. The molecule has 0 saturated carbocycles. The molecule has 0 aliphatic heterocycles. The standard InChI is InChI=1S/C6H3ClF.BrH.Zn/c7-5-3-1-2-4-6(5)8;;/h1,3-4H;1H;/q-1;;. The molecule has 1 aromatic carbocycles. The molecule has 0 aliphatic rings. The van der Waals surface area contributed by atoms with E-state index < -0.39 is 5.82 Å². The number of halogens is 3. The number of hydrogen-bond donors (Lipinski definition) is 0. The molecule has 0 N–H and O–H groups in total. The minimum Gasteiger partial charge on any atom is -0.283 e. The molecule has 0 bridgehead atoms. The van der Waals surface area contributed by atoms with Crippen molar-refractivity contribution in [3.63, 3.8) is 0 Å². The summed E-state index contributed by atoms with van der Waals surface area (Å²) in [6.45, 7) is 0. The van der Waals surface area contributed by atoms with Crippen molar-refractivity contribution < 1.29 is 23.9 Å². The molecule has 0 unspecified atom stereocenters. The van der Waals surface area contributed by atoms with E-state index in [4.69, 9.17) is 11.6 Å². The van der Waals surface area contributed by atoms with Crippen molar-refractivity contribution in [2.24, 2.45) is 0 Å². The number of rotatable bonds is 0. The van der Waals surface area contributed by atoms with Crippen LogP contribution in [-0.4, -0.2) is 0 Å². The van der Waals surface area contributed by atoms with E-state index in [0.29, 0.717) is 0 Å². The van der Waals surface area contributed by atoms with E-state index in [0.717, 1.165) is 0 Å². The second-order valence-corrected chi connectivity index (χ2v) is 1.75. The van der Waals surface area contributed by atoms with Gasteiger partial charge in [-0.25, -0.2) is 0 Å². The number of benzene rings is 1. The zero-order valence-electron chi connectivity index (χ0n) is 5.10. The maximum absolute atomic E-state index is 12.2. The first-order valence-corrected chi connectivity index (χ1v) is 2.49. The van der Waals surface area contributed by atoms with Gasteiger partial charge in [-0.3, -0.25) is 4.39 Å². The van der Waals surface area contributed by atoms with E-state index in [9.17, 15) is 4.39 Å². The summed E-state index contributed by atoms with van der Waals surface area (Å²) >= 11 is 5.31. The zero-order valence-corrected chi connectivity index (χ0v) is 10.5. The summed E-state index contributed by atoms with van der Waals surface area (Å²) in [6, 6.07) is 6.75. The van der Waals surface area contributed by atoms with Gasteiger partial charge < -0.3 is 0 Å². The predicted molar refractivity (Wildman–Crippen MR) is 40.6 cm³/mol. The Bertz CT molecular complexity index is 174. The molecule has 4 heteroatoms. The van der Waals surface area contributed by atoms with Crippen LogP contribution in [0.4, 0.5) is 4.39 Å². The fourth-order valence-electron chi connectivity index (χ4n) is 0.391. The summed E-state index contributed by atoms with van der Waals surface area (Å²) in [4.78, 5) is 0. The zero-order chi connectivity index (χ0) is 5.98. The first-order chi connectivity index (χ1) is 3.80. The molecule has 0 atom stereocenters. The van der Waals surface area contributed by atoms with Gasteiger partial charge in [-0.15, -0.1) is 40.7 Å². The maximum Gasteiger partial charge on any atom is 0.0268 e. The van der Waals surface area contributed by atoms with E-state index >= 15 is 0 Å². The Labute approximate surface area is 87.3 Å². The molecule has 10 heavy (non-hydrogen) atoms. The van der Waals surface area contributed by atoms with Crippen molar-refractivity contribution in [3.8, 4) is 0 Å². The average Bonchev–Trinajstić information content (AvgIpc) is 1.77. The normalized spacial score (nSPS) is 7.40. The first kappa shape index (κ1) is 13.2. The van der Waals surface area contributed by atoms with E-state index in [1.54, 1.807) is 6.07 Å². The van der Waals surface area contributed by atoms with Gasteiger partial charge in [-0.1, -0.05) is 0 Å². The van der Waals surface area contributed by atoms with Gasteiger partial charge in [0, 0.05) is 25.3 Å². The quantitative estimate of drug-likeness (QED) is 0.505. The molecule has 0 radical (unpaired) electrons. The Kier molecular flexibility index (Phi) is 8.24. The molecule has 0 saturated heterocycles. The van der Waals surface area contributed by atoms with Crippen LogP contribution in [0, 0.1) is 11.9 Å². The predicted octanol–water partition coefficient (Wildman–Crippen LogP) is 2.85. The minimum absolute atomic E-state index is 0. The van der Waals surface area contributed by atoms with Crippen molar-refractivity contribution in [1.82, 2.24) is 0 Å². The molecule has 0 aromatic heterocycles. The largest absolute Gasteiger partial charge is 0.283 e. The van der Waals surface area contributed by atoms with Gasteiger partial charge in [-0.05, 0) is 5.02 Å². The second kappa shape index (κ2) is 6.27. The van der Waals surface area contributed by atoms with Crippen LogP contribution in [0.15, 0.2) is 18.2 Å². The van der Waals surface area contributed by atoms with Gasteiger partial charge in [0.15, 0.2) is 0 Å². The van der Waals surface area contributed by atoms with Crippen molar-refractivity contribution in [2.45, 2.75) is 0 Å². The molecule has 0 heterocycles. The third-order valence-corrected chi connectivity index (χ3v) is 1.07. The Morgan fingerprint density at radius 2 is 2.10 bits per heavy atom. The fraction of sp³-hybridized carbons (Fsp3) is 0. The molecule has 1 aromatic rings. The smallest absolute Gasteiger partial charge is 0.0268 e. The van der Waals surface area contributed by atoms with Crippen molar-refractivity contribution in [3.05, 3.63) is 35.1 Å². The molecule has 0 amide bonds. The van der Waals surface area contributed by atoms with Crippen LogP contribution in [0.2, 0.25) is 5.02 Å². The molecule has 0 fully saturated rings. The third kappa shape index (κ3) is 3.65. The summed E-state index contributed by atoms with van der Waals surface area (Å²) in [5.41, 5.74) is 0. The summed E-state index contributed by atoms with van der Waals surface area (Å²) in [6.07, 6.45) is 0. The fourth-order valence-corrected chi connectivity index (χ4v) is 0.509. The molecule has 52 valence electrons. The molecular weight excluding hydrogens is 272 g/mol. The summed E-state index contributed by atoms with van der Waals surface area (Å²) in [7, 11) is 0. The van der Waals surface area contributed by atoms with Crippen LogP contribution >= 0.6 is 28.6 Å². The van der Waals surface area contributed by atoms with Crippen LogP contribution in [0.1, 0.15) is 0 Å². The minimum atomic E-state index is -0.422. The van der Waals surface area contributed by atoms with Crippen LogP contribution < -0.4 is 0 Å². The van der Waals surface area contributed by atoms with Crippen molar-refractivity contribution >= 4 is 28.6 Å². The Morgan fingerprint density at radius 1 is 1.50 bits per heavy atom. The molecule has 1 rings (SSSR count). The summed E-state index contributed by atoms with van der Waals surface area (Å²) < 4.78 is 12.2. The molecule has 0 spiro atoms. The van der Waals surface area contributed by atoms with Gasteiger partial charge >= 0.3 is 0 Å². The molecule has 0 nitrogen and oxygen atoms in total. The topological polar surface area (TPSA) is 0 Å². The van der Waals surface area contributed by atoms with Crippen LogP contribution in [0.3, 0.4) is 0 Å². The monoisotopic (exact) mass is 273 g/mol. The SMILES string of the molecule is Br.Fc1c[c-]ccc1Cl.[Zn]. The van der Waals surface area contributed by atoms with Gasteiger partial charge in [0.1, 0.15) is 0 Å². The van der Waals surface area contributed by atoms with Gasteiger partial charge in [0.2, 0.25) is 0 Å². The van der Waals surface area contributed by atoms with E-state index in [-0.39, 0.29) is 41.5 Å². The first-order valence-electron chi connectivity index (χ1n) is 2.12. The van der Waals surface area contributed by atoms with E-state index in [1.165, 1.54) is 12.1 Å². The summed E-state index contributed by atoms with van der Waals surface area (Å²) in [5.74, 6) is -0.422. The van der Waals surface area contributed by atoms with Gasteiger partial charge in [0.25, 0.3) is 0 Å². The maximum atomic E-state index is 12.2. The van der Waals surface area contributed by atoms with Crippen LogP contribution in [-0.2, 0) is 19.5 Å². The van der Waals surface area contributed by atoms with Crippen LogP contribution in [0.25, 0.3) is 0 Å². The average molecular weight is 276 g/mol. The Balaban J connectivity index is 0. The summed E-state index contributed by atoms with van der Waals surface area (Å²) in [5, 5.41) is 0.142. The van der Waals surface area contributed by atoms with E-state index in [2.05, 4.69) is 6.07 Å². The molecule has 0 aliphatic carbocycles. The Morgan fingerprint density at radius 3 is 2.40 bits per heavy atom. The van der Waals surface area contributed by atoms with Crippen molar-refractivity contribution in [1.29, 1.82) is 0 Å². The Hall–Kier alpha value is 0.543. The van der Waals surface area contributed by atoms with E-state index in [1.807, 2.05) is 0 Å².